The van der Waals surface area contributed by atoms with Gasteiger partial charge < -0.3 is 15.2 Å². The fourth-order valence-electron chi connectivity index (χ4n) is 1.87. The zero-order valence-corrected chi connectivity index (χ0v) is 12.4. The van der Waals surface area contributed by atoms with Gasteiger partial charge in [0.1, 0.15) is 12.4 Å². The van der Waals surface area contributed by atoms with E-state index in [1.54, 1.807) is 0 Å². The number of hydrogen-bond donors (Lipinski definition) is 2. The Morgan fingerprint density at radius 1 is 1.32 bits per heavy atom. The van der Waals surface area contributed by atoms with Crippen molar-refractivity contribution in [1.29, 1.82) is 0 Å². The van der Waals surface area contributed by atoms with Crippen molar-refractivity contribution in [3.05, 3.63) is 23.8 Å². The largest absolute Gasteiger partial charge is 0.491 e. The van der Waals surface area contributed by atoms with Crippen LogP contribution in [0.4, 0.5) is 18.9 Å². The number of amides is 1. The molecule has 0 fully saturated rings. The van der Waals surface area contributed by atoms with Crippen LogP contribution >= 0.6 is 0 Å². The van der Waals surface area contributed by atoms with Crippen LogP contribution in [-0.2, 0) is 11.0 Å². The van der Waals surface area contributed by atoms with Gasteiger partial charge in [0.05, 0.1) is 17.9 Å². The van der Waals surface area contributed by atoms with Crippen LogP contribution in [-0.4, -0.2) is 24.2 Å². The smallest absolute Gasteiger partial charge is 0.418 e. The molecule has 0 heterocycles. The molecular weight excluding hydrogens is 299 g/mol. The first-order valence-electron chi connectivity index (χ1n) is 7.13. The van der Waals surface area contributed by atoms with E-state index in [1.807, 2.05) is 6.92 Å². The summed E-state index contributed by atoms with van der Waals surface area (Å²) >= 11 is 0. The van der Waals surface area contributed by atoms with Crippen molar-refractivity contribution < 1.29 is 27.8 Å². The molecular formula is C15H20F3NO3. The van der Waals surface area contributed by atoms with Gasteiger partial charge in [0.15, 0.2) is 0 Å². The lowest BCUT2D eigenvalue weighted by atomic mass is 10.1. The number of carbonyl (C=O) groups is 1. The lowest BCUT2D eigenvalue weighted by molar-refractivity contribution is -0.137. The number of nitrogens with one attached hydrogen (secondary N) is 1. The normalized spacial score (nSPS) is 11.3. The summed E-state index contributed by atoms with van der Waals surface area (Å²) in [6, 6.07) is 3.30. The molecule has 2 N–H and O–H groups in total. The molecule has 7 heteroatoms. The van der Waals surface area contributed by atoms with E-state index >= 15 is 0 Å². The average molecular weight is 319 g/mol. The number of anilines is 1. The van der Waals surface area contributed by atoms with Gasteiger partial charge in [0.2, 0.25) is 5.91 Å². The molecule has 1 amide bonds. The van der Waals surface area contributed by atoms with E-state index in [2.05, 4.69) is 5.32 Å². The van der Waals surface area contributed by atoms with Gasteiger partial charge >= 0.3 is 6.18 Å². The lowest BCUT2D eigenvalue weighted by Crippen LogP contribution is -2.16. The number of ether oxygens (including phenoxy) is 1. The van der Waals surface area contributed by atoms with Crippen LogP contribution in [0, 0.1) is 0 Å². The third-order valence-corrected chi connectivity index (χ3v) is 2.94. The molecule has 0 bridgehead atoms. The van der Waals surface area contributed by atoms with Crippen molar-refractivity contribution in [3.8, 4) is 5.75 Å². The molecule has 0 aliphatic rings. The van der Waals surface area contributed by atoms with E-state index in [0.717, 1.165) is 25.0 Å². The minimum absolute atomic E-state index is 0.00893. The number of carbonyl (C=O) groups excluding carboxylic acids is 1. The monoisotopic (exact) mass is 319 g/mol. The van der Waals surface area contributed by atoms with Crippen LogP contribution in [0.3, 0.4) is 0 Å². The summed E-state index contributed by atoms with van der Waals surface area (Å²) in [4.78, 5) is 11.7. The number of halogens is 3. The molecule has 0 unspecified atom stereocenters. The molecule has 124 valence electrons. The van der Waals surface area contributed by atoms with Gasteiger partial charge in [-0.3, -0.25) is 4.79 Å². The molecule has 4 nitrogen and oxygen atoms in total. The molecule has 0 spiro atoms. The van der Waals surface area contributed by atoms with E-state index < -0.39 is 17.6 Å². The predicted molar refractivity (Wildman–Crippen MR) is 76.8 cm³/mol. The van der Waals surface area contributed by atoms with Gasteiger partial charge in [0, 0.05) is 6.42 Å². The van der Waals surface area contributed by atoms with E-state index in [9.17, 15) is 18.0 Å². The molecule has 1 aromatic rings. The second-order valence-corrected chi connectivity index (χ2v) is 4.78. The number of aliphatic hydroxyl groups excluding tert-OH is 1. The van der Waals surface area contributed by atoms with E-state index in [-0.39, 0.29) is 31.1 Å². The fourth-order valence-corrected chi connectivity index (χ4v) is 1.87. The maximum Gasteiger partial charge on any atom is 0.418 e. The Morgan fingerprint density at radius 3 is 2.64 bits per heavy atom. The van der Waals surface area contributed by atoms with Crippen LogP contribution in [0.1, 0.15) is 38.2 Å². The highest BCUT2D eigenvalue weighted by molar-refractivity contribution is 5.91. The summed E-state index contributed by atoms with van der Waals surface area (Å²) in [5.41, 5.74) is -1.25. The molecule has 0 aromatic heterocycles. The Hall–Kier alpha value is -1.76. The van der Waals surface area contributed by atoms with Gasteiger partial charge in [0.25, 0.3) is 0 Å². The Kier molecular flexibility index (Phi) is 7.17. The summed E-state index contributed by atoms with van der Waals surface area (Å²) < 4.78 is 44.1. The molecule has 0 aliphatic carbocycles. The maximum atomic E-state index is 13.1. The van der Waals surface area contributed by atoms with Gasteiger partial charge in [-0.15, -0.1) is 0 Å². The van der Waals surface area contributed by atoms with Crippen molar-refractivity contribution in [3.63, 3.8) is 0 Å². The highest BCUT2D eigenvalue weighted by Crippen LogP contribution is 2.37. The van der Waals surface area contributed by atoms with Crippen molar-refractivity contribution >= 4 is 11.6 Å². The first-order chi connectivity index (χ1) is 10.4. The fraction of sp³-hybridized carbons (Fsp3) is 0.533. The Morgan fingerprint density at radius 2 is 2.05 bits per heavy atom. The van der Waals surface area contributed by atoms with Crippen molar-refractivity contribution in [2.24, 2.45) is 0 Å². The Labute approximate surface area is 127 Å². The van der Waals surface area contributed by atoms with Crippen LogP contribution in [0.2, 0.25) is 0 Å². The number of hydrogen-bond acceptors (Lipinski definition) is 3. The van der Waals surface area contributed by atoms with Crippen LogP contribution in [0.15, 0.2) is 18.2 Å². The molecule has 0 saturated carbocycles. The number of rotatable bonds is 8. The average Bonchev–Trinajstić information content (AvgIpc) is 2.45. The van der Waals surface area contributed by atoms with Crippen LogP contribution in [0.25, 0.3) is 0 Å². The number of unbranched alkanes of at least 4 members (excludes halogenated alkanes) is 2. The zero-order valence-electron chi connectivity index (χ0n) is 12.4. The standard InChI is InChI=1S/C15H20F3NO3/c1-2-3-4-5-14(21)19-13-7-6-11(22-9-8-20)10-12(13)15(16,17)18/h6-7,10,20H,2-5,8-9H2,1H3,(H,19,21). The van der Waals surface area contributed by atoms with Crippen LogP contribution in [0.5, 0.6) is 5.75 Å². The second-order valence-electron chi connectivity index (χ2n) is 4.78. The quantitative estimate of drug-likeness (QED) is 0.720. The van der Waals surface area contributed by atoms with E-state index in [0.29, 0.717) is 6.42 Å². The first kappa shape index (κ1) is 18.3. The molecule has 1 rings (SSSR count). The number of benzene rings is 1. The topological polar surface area (TPSA) is 58.6 Å². The Bertz CT molecular complexity index is 489. The number of aliphatic hydroxyl groups is 1. The predicted octanol–water partition coefficient (Wildman–Crippen LogP) is 3.60. The van der Waals surface area contributed by atoms with Crippen LogP contribution < -0.4 is 10.1 Å². The highest BCUT2D eigenvalue weighted by Gasteiger charge is 2.34. The van der Waals surface area contributed by atoms with Crippen molar-refractivity contribution in [2.75, 3.05) is 18.5 Å². The summed E-state index contributed by atoms with van der Waals surface area (Å²) in [7, 11) is 0. The third-order valence-electron chi connectivity index (χ3n) is 2.94. The lowest BCUT2D eigenvalue weighted by Gasteiger charge is -2.15. The number of alkyl halides is 3. The zero-order chi connectivity index (χ0) is 16.6. The maximum absolute atomic E-state index is 13.1. The molecule has 0 aliphatic heterocycles. The summed E-state index contributed by atoms with van der Waals surface area (Å²) in [5, 5.41) is 10.9. The summed E-state index contributed by atoms with van der Waals surface area (Å²) in [6.07, 6.45) is -1.99. The third kappa shape index (κ3) is 5.93. The van der Waals surface area contributed by atoms with E-state index in [1.165, 1.54) is 6.07 Å². The molecule has 0 saturated heterocycles. The summed E-state index contributed by atoms with van der Waals surface area (Å²) in [5.74, 6) is -0.451. The van der Waals surface area contributed by atoms with Gasteiger partial charge in [-0.25, -0.2) is 0 Å². The first-order valence-corrected chi connectivity index (χ1v) is 7.13. The molecule has 0 radical (unpaired) electrons. The summed E-state index contributed by atoms with van der Waals surface area (Å²) in [6.45, 7) is 1.59. The Balaban J connectivity index is 2.86. The molecule has 0 atom stereocenters. The molecule has 1 aromatic carbocycles. The minimum Gasteiger partial charge on any atom is -0.491 e. The van der Waals surface area contributed by atoms with Crippen molar-refractivity contribution in [2.45, 2.75) is 38.8 Å². The van der Waals surface area contributed by atoms with Gasteiger partial charge in [-0.1, -0.05) is 19.8 Å². The van der Waals surface area contributed by atoms with Crippen molar-refractivity contribution in [1.82, 2.24) is 0 Å². The highest BCUT2D eigenvalue weighted by atomic mass is 19.4. The van der Waals surface area contributed by atoms with E-state index in [4.69, 9.17) is 9.84 Å². The second kappa shape index (κ2) is 8.63. The van der Waals surface area contributed by atoms with Gasteiger partial charge in [-0.05, 0) is 24.6 Å². The van der Waals surface area contributed by atoms with Gasteiger partial charge in [-0.2, -0.15) is 13.2 Å². The minimum atomic E-state index is -4.61. The SMILES string of the molecule is CCCCCC(=O)Nc1ccc(OCCO)cc1C(F)(F)F. The molecule has 22 heavy (non-hydrogen) atoms.